The highest BCUT2D eigenvalue weighted by atomic mass is 32.2. The van der Waals surface area contributed by atoms with Crippen LogP contribution in [0.15, 0.2) is 9.98 Å². The van der Waals surface area contributed by atoms with Crippen molar-refractivity contribution < 1.29 is 14.3 Å². The Morgan fingerprint density at radius 3 is 2.88 bits per heavy atom. The number of carbonyl (C=O) groups excluding carboxylic acids is 2. The molecular weight excluding hydrogens is 232 g/mol. The van der Waals surface area contributed by atoms with Crippen molar-refractivity contribution in [1.82, 2.24) is 0 Å². The first-order valence-corrected chi connectivity index (χ1v) is 5.43. The molecule has 0 bridgehead atoms. The van der Waals surface area contributed by atoms with E-state index in [1.165, 1.54) is 18.9 Å². The molecule has 1 aliphatic heterocycles. The van der Waals surface area contributed by atoms with Crippen LogP contribution in [0.1, 0.15) is 6.42 Å². The van der Waals surface area contributed by atoms with E-state index in [1.54, 1.807) is 0 Å². The van der Waals surface area contributed by atoms with Gasteiger partial charge in [0, 0.05) is 5.75 Å². The summed E-state index contributed by atoms with van der Waals surface area (Å²) in [7, 11) is 1.27. The number of hydrogen-bond acceptors (Lipinski definition) is 5. The van der Waals surface area contributed by atoms with E-state index in [0.29, 0.717) is 5.75 Å². The second-order valence-corrected chi connectivity index (χ2v) is 4.04. The highest BCUT2D eigenvalue weighted by molar-refractivity contribution is 8.14. The normalized spacial score (nSPS) is 19.9. The number of amidine groups is 1. The van der Waals surface area contributed by atoms with Crippen LogP contribution in [0.4, 0.5) is 0 Å². The third-order valence-electron chi connectivity index (χ3n) is 1.83. The van der Waals surface area contributed by atoms with Gasteiger partial charge in [-0.2, -0.15) is 9.98 Å². The quantitative estimate of drug-likeness (QED) is 0.368. The number of esters is 1. The molecule has 4 N–H and O–H groups in total. The number of carbonyl (C=O) groups is 2. The van der Waals surface area contributed by atoms with E-state index in [0.717, 1.165) is 0 Å². The molecule has 1 heterocycles. The SMILES string of the molecule is COC(=O)CC1CSC(N=C(N)N)=NC1=O. The molecule has 0 saturated carbocycles. The molecule has 1 amide bonds. The van der Waals surface area contributed by atoms with E-state index in [9.17, 15) is 9.59 Å². The van der Waals surface area contributed by atoms with Gasteiger partial charge in [0.05, 0.1) is 19.4 Å². The number of amides is 1. The zero-order chi connectivity index (χ0) is 12.1. The van der Waals surface area contributed by atoms with Gasteiger partial charge in [0.2, 0.25) is 0 Å². The Morgan fingerprint density at radius 1 is 1.69 bits per heavy atom. The molecule has 0 saturated heterocycles. The van der Waals surface area contributed by atoms with Crippen LogP contribution in [0.25, 0.3) is 0 Å². The number of rotatable bonds is 2. The molecule has 1 rings (SSSR count). The lowest BCUT2D eigenvalue weighted by molar-refractivity contribution is -0.143. The van der Waals surface area contributed by atoms with Gasteiger partial charge in [0.25, 0.3) is 5.91 Å². The Kier molecular flexibility index (Phi) is 4.29. The first-order valence-electron chi connectivity index (χ1n) is 4.44. The Balaban J connectivity index is 2.65. The van der Waals surface area contributed by atoms with Gasteiger partial charge in [0.1, 0.15) is 0 Å². The minimum Gasteiger partial charge on any atom is -0.469 e. The van der Waals surface area contributed by atoms with Crippen molar-refractivity contribution in [3.8, 4) is 0 Å². The van der Waals surface area contributed by atoms with E-state index in [2.05, 4.69) is 14.7 Å². The monoisotopic (exact) mass is 244 g/mol. The lowest BCUT2D eigenvalue weighted by atomic mass is 10.1. The maximum absolute atomic E-state index is 11.5. The van der Waals surface area contributed by atoms with Crippen molar-refractivity contribution >= 4 is 34.8 Å². The van der Waals surface area contributed by atoms with Crippen molar-refractivity contribution in [2.45, 2.75) is 6.42 Å². The number of guanidine groups is 1. The van der Waals surface area contributed by atoms with Gasteiger partial charge in [-0.05, 0) is 0 Å². The molecule has 16 heavy (non-hydrogen) atoms. The highest BCUT2D eigenvalue weighted by Crippen LogP contribution is 2.22. The molecule has 0 aromatic carbocycles. The predicted molar refractivity (Wildman–Crippen MR) is 60.8 cm³/mol. The van der Waals surface area contributed by atoms with Crippen LogP contribution in [0.2, 0.25) is 0 Å². The predicted octanol–water partition coefficient (Wildman–Crippen LogP) is -0.931. The number of aliphatic imine (C=N–C) groups is 2. The zero-order valence-corrected chi connectivity index (χ0v) is 9.49. The fourth-order valence-electron chi connectivity index (χ4n) is 1.06. The van der Waals surface area contributed by atoms with E-state index in [1.807, 2.05) is 0 Å². The Hall–Kier alpha value is -1.57. The average Bonchev–Trinajstić information content (AvgIpc) is 2.21. The second-order valence-electron chi connectivity index (χ2n) is 3.06. The maximum Gasteiger partial charge on any atom is 0.306 e. The van der Waals surface area contributed by atoms with Crippen LogP contribution < -0.4 is 11.5 Å². The lowest BCUT2D eigenvalue weighted by Gasteiger charge is -2.15. The Morgan fingerprint density at radius 2 is 2.38 bits per heavy atom. The highest BCUT2D eigenvalue weighted by Gasteiger charge is 2.27. The fraction of sp³-hybridized carbons (Fsp3) is 0.500. The van der Waals surface area contributed by atoms with Crippen molar-refractivity contribution in [3.05, 3.63) is 0 Å². The Labute approximate surface area is 96.3 Å². The average molecular weight is 244 g/mol. The second kappa shape index (κ2) is 5.50. The third-order valence-corrected chi connectivity index (χ3v) is 2.84. The van der Waals surface area contributed by atoms with Crippen molar-refractivity contribution in [2.24, 2.45) is 27.4 Å². The van der Waals surface area contributed by atoms with Crippen LogP contribution in [0.3, 0.4) is 0 Å². The fourth-order valence-corrected chi connectivity index (χ4v) is 2.00. The summed E-state index contributed by atoms with van der Waals surface area (Å²) in [6.45, 7) is 0. The summed E-state index contributed by atoms with van der Waals surface area (Å²) in [6, 6.07) is 0. The molecule has 0 fully saturated rings. The molecule has 1 aliphatic rings. The number of thioether (sulfide) groups is 1. The van der Waals surface area contributed by atoms with Gasteiger partial charge in [0.15, 0.2) is 11.1 Å². The largest absolute Gasteiger partial charge is 0.469 e. The number of nitrogens with two attached hydrogens (primary N) is 2. The first-order chi connectivity index (χ1) is 7.52. The zero-order valence-electron chi connectivity index (χ0n) is 8.67. The van der Waals surface area contributed by atoms with Gasteiger partial charge in [-0.25, -0.2) is 0 Å². The van der Waals surface area contributed by atoms with Gasteiger partial charge < -0.3 is 16.2 Å². The Bertz CT molecular complexity index is 362. The van der Waals surface area contributed by atoms with Crippen LogP contribution in [0.5, 0.6) is 0 Å². The molecule has 88 valence electrons. The summed E-state index contributed by atoms with van der Waals surface area (Å²) >= 11 is 1.23. The van der Waals surface area contributed by atoms with Crippen LogP contribution in [-0.4, -0.2) is 35.9 Å². The summed E-state index contributed by atoms with van der Waals surface area (Å²) in [5, 5.41) is 0.228. The number of ether oxygens (including phenoxy) is 1. The van der Waals surface area contributed by atoms with Gasteiger partial charge in [-0.3, -0.25) is 9.59 Å². The summed E-state index contributed by atoms with van der Waals surface area (Å²) in [5.41, 5.74) is 10.3. The molecule has 0 aliphatic carbocycles. The first kappa shape index (κ1) is 12.5. The van der Waals surface area contributed by atoms with Crippen molar-refractivity contribution in [3.63, 3.8) is 0 Å². The summed E-state index contributed by atoms with van der Waals surface area (Å²) < 4.78 is 4.48. The van der Waals surface area contributed by atoms with Crippen LogP contribution >= 0.6 is 11.8 Å². The van der Waals surface area contributed by atoms with Gasteiger partial charge in [-0.15, -0.1) is 0 Å². The van der Waals surface area contributed by atoms with Crippen LogP contribution in [-0.2, 0) is 14.3 Å². The molecule has 0 radical (unpaired) electrons. The summed E-state index contributed by atoms with van der Waals surface area (Å²) in [4.78, 5) is 29.8. The molecule has 8 heteroatoms. The molecule has 0 aromatic rings. The van der Waals surface area contributed by atoms with Gasteiger partial charge in [-0.1, -0.05) is 11.8 Å². The minimum absolute atomic E-state index is 0.0287. The minimum atomic E-state index is -0.463. The molecule has 0 spiro atoms. The van der Waals surface area contributed by atoms with E-state index in [-0.39, 0.29) is 17.5 Å². The van der Waals surface area contributed by atoms with Crippen molar-refractivity contribution in [1.29, 1.82) is 0 Å². The molecular formula is C8H12N4O3S. The van der Waals surface area contributed by atoms with E-state index in [4.69, 9.17) is 11.5 Å². The van der Waals surface area contributed by atoms with E-state index < -0.39 is 17.8 Å². The smallest absolute Gasteiger partial charge is 0.306 e. The number of hydrogen-bond donors (Lipinski definition) is 2. The van der Waals surface area contributed by atoms with E-state index >= 15 is 0 Å². The maximum atomic E-state index is 11.5. The third kappa shape index (κ3) is 3.54. The van der Waals surface area contributed by atoms with Crippen LogP contribution in [0, 0.1) is 5.92 Å². The topological polar surface area (TPSA) is 120 Å². The molecule has 0 aromatic heterocycles. The lowest BCUT2D eigenvalue weighted by Crippen LogP contribution is -2.28. The summed E-state index contributed by atoms with van der Waals surface area (Å²) in [5.74, 6) is -1.02. The number of nitrogens with zero attached hydrogens (tertiary/aromatic N) is 2. The van der Waals surface area contributed by atoms with Crippen molar-refractivity contribution in [2.75, 3.05) is 12.9 Å². The molecule has 7 nitrogen and oxygen atoms in total. The molecule has 1 atom stereocenters. The summed E-state index contributed by atoms with van der Waals surface area (Å²) in [6.07, 6.45) is 0.0287. The number of methoxy groups -OCH3 is 1. The standard InChI is InChI=1S/C8H12N4O3S/c1-15-5(13)2-4-3-16-8(11-6(4)14)12-7(9)10/h4H,2-3H2,1H3,(H4,9,10,11,12,14). The van der Waals surface area contributed by atoms with Gasteiger partial charge >= 0.3 is 5.97 Å². The molecule has 1 unspecified atom stereocenters.